The van der Waals surface area contributed by atoms with Crippen molar-refractivity contribution in [2.45, 2.75) is 13.5 Å². The Morgan fingerprint density at radius 1 is 1.24 bits per heavy atom. The first-order valence-corrected chi connectivity index (χ1v) is 8.10. The molecule has 0 fully saturated rings. The Bertz CT molecular complexity index is 1050. The van der Waals surface area contributed by atoms with Gasteiger partial charge in [-0.3, -0.25) is 4.68 Å². The molecule has 8 heteroatoms. The fraction of sp³-hybridized carbons (Fsp3) is 0.176. The molecule has 0 atom stereocenters. The lowest BCUT2D eigenvalue weighted by Crippen LogP contribution is -2.02. The lowest BCUT2D eigenvalue weighted by Gasteiger charge is -2.04. The highest BCUT2D eigenvalue weighted by Gasteiger charge is 2.13. The molecule has 126 valence electrons. The van der Waals surface area contributed by atoms with E-state index in [0.29, 0.717) is 28.8 Å². The van der Waals surface area contributed by atoms with Crippen molar-refractivity contribution >= 4 is 28.5 Å². The Morgan fingerprint density at radius 3 is 2.92 bits per heavy atom. The van der Waals surface area contributed by atoms with Gasteiger partial charge in [-0.1, -0.05) is 35.0 Å². The van der Waals surface area contributed by atoms with E-state index < -0.39 is 0 Å². The molecule has 0 aliphatic rings. The van der Waals surface area contributed by atoms with Gasteiger partial charge in [0.1, 0.15) is 17.8 Å². The molecular formula is C17H15ClN6O. The summed E-state index contributed by atoms with van der Waals surface area (Å²) in [5.74, 6) is 1.40. The van der Waals surface area contributed by atoms with Crippen LogP contribution in [-0.4, -0.2) is 24.9 Å². The van der Waals surface area contributed by atoms with Gasteiger partial charge in [-0.2, -0.15) is 5.10 Å². The Morgan fingerprint density at radius 2 is 2.08 bits per heavy atom. The third-order valence-electron chi connectivity index (χ3n) is 3.93. The molecule has 1 aromatic carbocycles. The van der Waals surface area contributed by atoms with Gasteiger partial charge in [0.25, 0.3) is 0 Å². The number of hydrogen-bond donors (Lipinski definition) is 1. The highest BCUT2D eigenvalue weighted by molar-refractivity contribution is 6.33. The van der Waals surface area contributed by atoms with Gasteiger partial charge in [0.05, 0.1) is 22.6 Å². The first-order valence-electron chi connectivity index (χ1n) is 7.72. The van der Waals surface area contributed by atoms with E-state index >= 15 is 0 Å². The van der Waals surface area contributed by atoms with E-state index in [1.54, 1.807) is 4.68 Å². The smallest absolute Gasteiger partial charge is 0.163 e. The third-order valence-corrected chi connectivity index (χ3v) is 4.26. The summed E-state index contributed by atoms with van der Waals surface area (Å²) >= 11 is 6.20. The molecule has 0 bridgehead atoms. The summed E-state index contributed by atoms with van der Waals surface area (Å²) < 4.78 is 7.15. The molecule has 0 amide bonds. The van der Waals surface area contributed by atoms with Crippen LogP contribution in [0.2, 0.25) is 5.02 Å². The molecule has 0 aliphatic heterocycles. The van der Waals surface area contributed by atoms with Crippen molar-refractivity contribution in [3.05, 3.63) is 53.1 Å². The molecule has 0 spiro atoms. The van der Waals surface area contributed by atoms with E-state index in [1.807, 2.05) is 44.3 Å². The van der Waals surface area contributed by atoms with E-state index in [2.05, 4.69) is 25.5 Å². The zero-order valence-corrected chi connectivity index (χ0v) is 14.4. The summed E-state index contributed by atoms with van der Waals surface area (Å²) in [6.07, 6.45) is 1.52. The third kappa shape index (κ3) is 2.83. The normalized spacial score (nSPS) is 11.2. The minimum absolute atomic E-state index is 0.442. The Labute approximate surface area is 148 Å². The second-order valence-electron chi connectivity index (χ2n) is 5.64. The maximum Gasteiger partial charge on any atom is 0.163 e. The molecule has 0 saturated heterocycles. The maximum absolute atomic E-state index is 6.20. The van der Waals surface area contributed by atoms with Crippen molar-refractivity contribution in [3.8, 4) is 11.3 Å². The number of halogens is 1. The van der Waals surface area contributed by atoms with Crippen molar-refractivity contribution in [2.24, 2.45) is 7.05 Å². The minimum atomic E-state index is 0.442. The van der Waals surface area contributed by atoms with Crippen molar-refractivity contribution < 1.29 is 4.52 Å². The van der Waals surface area contributed by atoms with E-state index in [4.69, 9.17) is 16.1 Å². The van der Waals surface area contributed by atoms with Crippen molar-refractivity contribution in [2.75, 3.05) is 5.32 Å². The number of nitrogens with zero attached hydrogens (tertiary/aromatic N) is 5. The fourth-order valence-corrected chi connectivity index (χ4v) is 3.01. The second kappa shape index (κ2) is 6.18. The molecule has 3 heterocycles. The summed E-state index contributed by atoms with van der Waals surface area (Å²) in [5.41, 5.74) is 3.19. The number of nitrogens with one attached hydrogen (secondary N) is 1. The van der Waals surface area contributed by atoms with Gasteiger partial charge in [-0.25, -0.2) is 9.97 Å². The number of anilines is 1. The standard InChI is InChI=1S/C17H15ClN6O/c1-10-15-16(20-9-21-17(15)24(2)22-10)19-8-11-7-14(23-25-11)12-5-3-4-6-13(12)18/h3-7,9H,8H2,1-2H3,(H,19,20,21). The van der Waals surface area contributed by atoms with Crippen LogP contribution in [0.5, 0.6) is 0 Å². The molecule has 0 unspecified atom stereocenters. The minimum Gasteiger partial charge on any atom is -0.362 e. The second-order valence-corrected chi connectivity index (χ2v) is 6.05. The maximum atomic E-state index is 6.20. The van der Waals surface area contributed by atoms with Gasteiger partial charge in [0.2, 0.25) is 0 Å². The predicted molar refractivity (Wildman–Crippen MR) is 95.3 cm³/mol. The summed E-state index contributed by atoms with van der Waals surface area (Å²) in [6, 6.07) is 9.39. The van der Waals surface area contributed by atoms with Crippen LogP contribution in [0.25, 0.3) is 22.3 Å². The van der Waals surface area contributed by atoms with Crippen LogP contribution in [0.1, 0.15) is 11.5 Å². The summed E-state index contributed by atoms with van der Waals surface area (Å²) in [4.78, 5) is 8.59. The Kier molecular flexibility index (Phi) is 3.85. The fourth-order valence-electron chi connectivity index (χ4n) is 2.77. The van der Waals surface area contributed by atoms with Crippen molar-refractivity contribution in [1.82, 2.24) is 24.9 Å². The predicted octanol–water partition coefficient (Wildman–Crippen LogP) is 3.59. The number of aromatic nitrogens is 5. The molecule has 0 radical (unpaired) electrons. The van der Waals surface area contributed by atoms with Crippen molar-refractivity contribution in [1.29, 1.82) is 0 Å². The van der Waals surface area contributed by atoms with E-state index in [0.717, 1.165) is 22.3 Å². The molecule has 0 aliphatic carbocycles. The average molecular weight is 355 g/mol. The molecule has 1 N–H and O–H groups in total. The molecule has 4 aromatic rings. The highest BCUT2D eigenvalue weighted by atomic mass is 35.5. The monoisotopic (exact) mass is 354 g/mol. The van der Waals surface area contributed by atoms with Gasteiger partial charge in [0, 0.05) is 18.7 Å². The van der Waals surface area contributed by atoms with Crippen LogP contribution in [0, 0.1) is 6.92 Å². The van der Waals surface area contributed by atoms with Crippen LogP contribution in [0.4, 0.5) is 5.82 Å². The van der Waals surface area contributed by atoms with Crippen molar-refractivity contribution in [3.63, 3.8) is 0 Å². The van der Waals surface area contributed by atoms with Crippen LogP contribution in [0.3, 0.4) is 0 Å². The van der Waals surface area contributed by atoms with E-state index in [1.165, 1.54) is 6.33 Å². The highest BCUT2D eigenvalue weighted by Crippen LogP contribution is 2.27. The lowest BCUT2D eigenvalue weighted by atomic mass is 10.1. The van der Waals surface area contributed by atoms with Crippen LogP contribution in [0.15, 0.2) is 41.2 Å². The molecular weight excluding hydrogens is 340 g/mol. The quantitative estimate of drug-likeness (QED) is 0.603. The summed E-state index contributed by atoms with van der Waals surface area (Å²) in [6.45, 7) is 2.37. The average Bonchev–Trinajstić information content (AvgIpc) is 3.19. The lowest BCUT2D eigenvalue weighted by molar-refractivity contribution is 0.390. The number of rotatable bonds is 4. The molecule has 3 aromatic heterocycles. The van der Waals surface area contributed by atoms with Gasteiger partial charge >= 0.3 is 0 Å². The SMILES string of the molecule is Cc1nn(C)c2ncnc(NCc3cc(-c4ccccc4Cl)no3)c12. The summed E-state index contributed by atoms with van der Waals surface area (Å²) in [7, 11) is 1.86. The van der Waals surface area contributed by atoms with Gasteiger partial charge in [-0.15, -0.1) is 0 Å². The Balaban J connectivity index is 1.58. The van der Waals surface area contributed by atoms with Crippen LogP contribution >= 0.6 is 11.6 Å². The zero-order chi connectivity index (χ0) is 17.4. The molecule has 25 heavy (non-hydrogen) atoms. The first kappa shape index (κ1) is 15.6. The number of benzene rings is 1. The topological polar surface area (TPSA) is 81.7 Å². The van der Waals surface area contributed by atoms with Gasteiger partial charge < -0.3 is 9.84 Å². The number of hydrogen-bond acceptors (Lipinski definition) is 6. The molecule has 4 rings (SSSR count). The zero-order valence-electron chi connectivity index (χ0n) is 13.7. The number of fused-ring (bicyclic) bond motifs is 1. The molecule has 0 saturated carbocycles. The first-order chi connectivity index (χ1) is 12.1. The number of aryl methyl sites for hydroxylation is 2. The van der Waals surface area contributed by atoms with Gasteiger partial charge in [0.15, 0.2) is 11.4 Å². The molecule has 7 nitrogen and oxygen atoms in total. The van der Waals surface area contributed by atoms with E-state index in [-0.39, 0.29) is 0 Å². The van der Waals surface area contributed by atoms with Crippen LogP contribution in [-0.2, 0) is 13.6 Å². The van der Waals surface area contributed by atoms with E-state index in [9.17, 15) is 0 Å². The summed E-state index contributed by atoms with van der Waals surface area (Å²) in [5, 5.41) is 13.3. The van der Waals surface area contributed by atoms with Gasteiger partial charge in [-0.05, 0) is 13.0 Å². The van der Waals surface area contributed by atoms with Crippen LogP contribution < -0.4 is 5.32 Å². The Hall–Kier alpha value is -2.93. The largest absolute Gasteiger partial charge is 0.362 e.